The molecule has 0 unspecified atom stereocenters. The van der Waals surface area contributed by atoms with Crippen LogP contribution in [0.5, 0.6) is 11.5 Å². The van der Waals surface area contributed by atoms with E-state index in [0.29, 0.717) is 11.2 Å². The first-order valence-corrected chi connectivity index (χ1v) is 5.36. The summed E-state index contributed by atoms with van der Waals surface area (Å²) in [5.74, 6) is 1.31. The van der Waals surface area contributed by atoms with Crippen molar-refractivity contribution >= 4 is 12.6 Å². The van der Waals surface area contributed by atoms with E-state index in [1.807, 2.05) is 31.2 Å². The molecule has 0 atom stereocenters. The fraction of sp³-hybridized carbons (Fsp3) is 0.0769. The van der Waals surface area contributed by atoms with Gasteiger partial charge in [-0.2, -0.15) is 0 Å². The van der Waals surface area contributed by atoms with E-state index in [2.05, 4.69) is 0 Å². The van der Waals surface area contributed by atoms with Gasteiger partial charge in [-0.15, -0.1) is 0 Å². The maximum Gasteiger partial charge on any atom is 0.488 e. The van der Waals surface area contributed by atoms with Gasteiger partial charge < -0.3 is 14.8 Å². The molecule has 0 spiro atoms. The molecule has 2 rings (SSSR count). The molecule has 2 aromatic carbocycles. The molecule has 4 heteroatoms. The van der Waals surface area contributed by atoms with Crippen molar-refractivity contribution in [1.29, 1.82) is 0 Å². The first-order chi connectivity index (χ1) is 8.15. The summed E-state index contributed by atoms with van der Waals surface area (Å²) < 4.78 is 5.60. The molecule has 0 aliphatic carbocycles. The van der Waals surface area contributed by atoms with Crippen LogP contribution in [0.2, 0.25) is 0 Å². The lowest BCUT2D eigenvalue weighted by atomic mass is 9.80. The molecule has 0 heterocycles. The third-order valence-electron chi connectivity index (χ3n) is 2.41. The Kier molecular flexibility index (Phi) is 3.47. The van der Waals surface area contributed by atoms with E-state index in [1.165, 1.54) is 0 Å². The van der Waals surface area contributed by atoms with Crippen molar-refractivity contribution in [1.82, 2.24) is 0 Å². The summed E-state index contributed by atoms with van der Waals surface area (Å²) in [6.45, 7) is 2.01. The lowest BCUT2D eigenvalue weighted by Gasteiger charge is -2.07. The molecular formula is C13H13BO3. The van der Waals surface area contributed by atoms with Crippen molar-refractivity contribution in [3.05, 3.63) is 54.1 Å². The maximum atomic E-state index is 9.05. The zero-order valence-corrected chi connectivity index (χ0v) is 9.50. The van der Waals surface area contributed by atoms with Crippen molar-refractivity contribution in [3.8, 4) is 11.5 Å². The number of aryl methyl sites for hydroxylation is 1. The van der Waals surface area contributed by atoms with E-state index >= 15 is 0 Å². The second kappa shape index (κ2) is 5.04. The van der Waals surface area contributed by atoms with Crippen molar-refractivity contribution in [2.45, 2.75) is 6.92 Å². The minimum atomic E-state index is -1.48. The summed E-state index contributed by atoms with van der Waals surface area (Å²) in [5.41, 5.74) is 1.58. The molecule has 0 saturated carbocycles. The molecule has 2 aromatic rings. The normalized spacial score (nSPS) is 10.1. The van der Waals surface area contributed by atoms with Crippen LogP contribution < -0.4 is 10.2 Å². The first-order valence-electron chi connectivity index (χ1n) is 5.36. The summed E-state index contributed by atoms with van der Waals surface area (Å²) in [6.07, 6.45) is 0. The third-order valence-corrected chi connectivity index (χ3v) is 2.41. The Morgan fingerprint density at radius 1 is 0.941 bits per heavy atom. The summed E-state index contributed by atoms with van der Waals surface area (Å²) in [4.78, 5) is 0. The van der Waals surface area contributed by atoms with Crippen LogP contribution in [0.1, 0.15) is 5.56 Å². The van der Waals surface area contributed by atoms with E-state index in [1.54, 1.807) is 24.3 Å². The molecule has 2 N–H and O–H groups in total. The Morgan fingerprint density at radius 3 is 2.29 bits per heavy atom. The highest BCUT2D eigenvalue weighted by Gasteiger charge is 2.11. The van der Waals surface area contributed by atoms with Gasteiger partial charge in [0, 0.05) is 0 Å². The first kappa shape index (κ1) is 11.7. The number of benzene rings is 2. The Labute approximate surface area is 100 Å². The Hall–Kier alpha value is -1.78. The number of hydrogen-bond donors (Lipinski definition) is 2. The van der Waals surface area contributed by atoms with Crippen LogP contribution in [0.3, 0.4) is 0 Å². The Morgan fingerprint density at radius 2 is 1.65 bits per heavy atom. The van der Waals surface area contributed by atoms with Gasteiger partial charge in [-0.05, 0) is 36.7 Å². The predicted octanol–water partition coefficient (Wildman–Crippen LogP) is 1.47. The fourth-order valence-electron chi connectivity index (χ4n) is 1.48. The molecule has 0 amide bonds. The quantitative estimate of drug-likeness (QED) is 0.782. The van der Waals surface area contributed by atoms with Gasteiger partial charge in [-0.1, -0.05) is 29.8 Å². The van der Waals surface area contributed by atoms with Gasteiger partial charge in [-0.3, -0.25) is 0 Å². The molecule has 86 valence electrons. The second-order valence-electron chi connectivity index (χ2n) is 3.86. The van der Waals surface area contributed by atoms with Gasteiger partial charge >= 0.3 is 7.12 Å². The highest BCUT2D eigenvalue weighted by atomic mass is 16.5. The topological polar surface area (TPSA) is 49.7 Å². The molecule has 0 aliphatic heterocycles. The summed E-state index contributed by atoms with van der Waals surface area (Å²) in [7, 11) is -1.48. The molecule has 0 bridgehead atoms. The molecular weight excluding hydrogens is 215 g/mol. The zero-order chi connectivity index (χ0) is 12.3. The minimum absolute atomic E-state index is 0.412. The van der Waals surface area contributed by atoms with Crippen molar-refractivity contribution < 1.29 is 14.8 Å². The highest BCUT2D eigenvalue weighted by molar-refractivity contribution is 6.58. The average molecular weight is 228 g/mol. The van der Waals surface area contributed by atoms with Crippen LogP contribution in [-0.2, 0) is 0 Å². The number of hydrogen-bond acceptors (Lipinski definition) is 3. The molecule has 0 aromatic heterocycles. The smallest absolute Gasteiger partial charge is 0.457 e. The summed E-state index contributed by atoms with van der Waals surface area (Å²) >= 11 is 0. The molecule has 0 radical (unpaired) electrons. The largest absolute Gasteiger partial charge is 0.488 e. The average Bonchev–Trinajstić information content (AvgIpc) is 2.32. The molecule has 0 aliphatic rings. The van der Waals surface area contributed by atoms with Crippen molar-refractivity contribution in [3.63, 3.8) is 0 Å². The van der Waals surface area contributed by atoms with E-state index < -0.39 is 7.12 Å². The molecule has 0 saturated heterocycles. The second-order valence-corrected chi connectivity index (χ2v) is 3.86. The van der Waals surface area contributed by atoms with E-state index in [0.717, 1.165) is 11.3 Å². The van der Waals surface area contributed by atoms with Crippen LogP contribution in [-0.4, -0.2) is 17.2 Å². The summed E-state index contributed by atoms with van der Waals surface area (Å²) in [5, 5.41) is 18.1. The lowest BCUT2D eigenvalue weighted by molar-refractivity contribution is 0.425. The predicted molar refractivity (Wildman–Crippen MR) is 67.5 cm³/mol. The van der Waals surface area contributed by atoms with Gasteiger partial charge in [0.15, 0.2) is 0 Å². The van der Waals surface area contributed by atoms with Crippen molar-refractivity contribution in [2.75, 3.05) is 0 Å². The van der Waals surface area contributed by atoms with Crippen LogP contribution in [0.15, 0.2) is 48.5 Å². The summed E-state index contributed by atoms with van der Waals surface area (Å²) in [6, 6.07) is 14.4. The number of ether oxygens (including phenoxy) is 1. The molecule has 3 nitrogen and oxygen atoms in total. The van der Waals surface area contributed by atoms with E-state index in [9.17, 15) is 0 Å². The molecule has 17 heavy (non-hydrogen) atoms. The van der Waals surface area contributed by atoms with Gasteiger partial charge in [0.05, 0.1) is 0 Å². The van der Waals surface area contributed by atoms with Gasteiger partial charge in [0.25, 0.3) is 0 Å². The monoisotopic (exact) mass is 228 g/mol. The standard InChI is InChI=1S/C13H13BO3/c1-10-5-7-12(8-6-10)17-13-4-2-3-11(9-13)14(15)16/h2-9,15-16H,1H3. The fourth-order valence-corrected chi connectivity index (χ4v) is 1.48. The van der Waals surface area contributed by atoms with Crippen molar-refractivity contribution in [2.24, 2.45) is 0 Å². The van der Waals surface area contributed by atoms with Gasteiger partial charge in [0.1, 0.15) is 11.5 Å². The minimum Gasteiger partial charge on any atom is -0.457 e. The SMILES string of the molecule is Cc1ccc(Oc2cccc(B(O)O)c2)cc1. The van der Waals surface area contributed by atoms with E-state index in [4.69, 9.17) is 14.8 Å². The third kappa shape index (κ3) is 3.09. The van der Waals surface area contributed by atoms with Crippen LogP contribution in [0, 0.1) is 6.92 Å². The van der Waals surface area contributed by atoms with Crippen LogP contribution in [0.4, 0.5) is 0 Å². The van der Waals surface area contributed by atoms with E-state index in [-0.39, 0.29) is 0 Å². The van der Waals surface area contributed by atoms with Gasteiger partial charge in [0.2, 0.25) is 0 Å². The molecule has 0 fully saturated rings. The lowest BCUT2D eigenvalue weighted by Crippen LogP contribution is -2.29. The zero-order valence-electron chi connectivity index (χ0n) is 9.50. The number of rotatable bonds is 3. The van der Waals surface area contributed by atoms with Crippen LogP contribution in [0.25, 0.3) is 0 Å². The highest BCUT2D eigenvalue weighted by Crippen LogP contribution is 2.20. The van der Waals surface area contributed by atoms with Crippen LogP contribution >= 0.6 is 0 Å². The Bertz CT molecular complexity index is 494. The van der Waals surface area contributed by atoms with Gasteiger partial charge in [-0.25, -0.2) is 0 Å². The maximum absolute atomic E-state index is 9.05. The Balaban J connectivity index is 2.18.